The van der Waals surface area contributed by atoms with E-state index in [9.17, 15) is 0 Å². The third-order valence-corrected chi connectivity index (χ3v) is 4.44. The van der Waals surface area contributed by atoms with Gasteiger partial charge in [-0.15, -0.1) is 0 Å². The molecular weight excluding hydrogens is 274 g/mol. The lowest BCUT2D eigenvalue weighted by atomic mass is 9.95. The van der Waals surface area contributed by atoms with Crippen LogP contribution in [0.2, 0.25) is 0 Å². The van der Waals surface area contributed by atoms with Crippen LogP contribution in [0.15, 0.2) is 36.7 Å². The van der Waals surface area contributed by atoms with E-state index in [2.05, 4.69) is 33.2 Å². The van der Waals surface area contributed by atoms with E-state index in [4.69, 9.17) is 4.74 Å². The minimum atomic E-state index is 0.663. The van der Waals surface area contributed by atoms with Gasteiger partial charge in [-0.05, 0) is 30.5 Å². The van der Waals surface area contributed by atoms with Crippen LogP contribution in [0.5, 0.6) is 5.75 Å². The van der Waals surface area contributed by atoms with Gasteiger partial charge in [0.05, 0.1) is 13.7 Å². The number of aromatic nitrogens is 2. The lowest BCUT2D eigenvalue weighted by Crippen LogP contribution is -2.31. The number of nitrogens with one attached hydrogen (secondary N) is 1. The number of benzene rings is 1. The molecule has 1 aromatic heterocycles. The van der Waals surface area contributed by atoms with Crippen LogP contribution in [0.1, 0.15) is 43.5 Å². The first kappa shape index (κ1) is 15.1. The van der Waals surface area contributed by atoms with Gasteiger partial charge in [-0.1, -0.05) is 31.4 Å². The SMILES string of the molecule is COc1cccc(Cn2ccnc2CNC2CCCCC2)c1. The van der Waals surface area contributed by atoms with E-state index >= 15 is 0 Å². The Bertz CT molecular complexity index is 588. The summed E-state index contributed by atoms with van der Waals surface area (Å²) in [5.74, 6) is 2.01. The largest absolute Gasteiger partial charge is 0.497 e. The molecule has 0 spiro atoms. The van der Waals surface area contributed by atoms with E-state index < -0.39 is 0 Å². The molecule has 1 N–H and O–H groups in total. The summed E-state index contributed by atoms with van der Waals surface area (Å²) in [6.07, 6.45) is 10.6. The van der Waals surface area contributed by atoms with Crippen LogP contribution in [-0.2, 0) is 13.1 Å². The molecule has 0 unspecified atom stereocenters. The molecule has 118 valence electrons. The fourth-order valence-electron chi connectivity index (χ4n) is 3.16. The number of methoxy groups -OCH3 is 1. The molecule has 0 bridgehead atoms. The van der Waals surface area contributed by atoms with Crippen LogP contribution in [0, 0.1) is 0 Å². The molecule has 1 aliphatic carbocycles. The molecule has 0 radical (unpaired) electrons. The third-order valence-electron chi connectivity index (χ3n) is 4.44. The summed E-state index contributed by atoms with van der Waals surface area (Å²) in [6.45, 7) is 1.68. The summed E-state index contributed by atoms with van der Waals surface area (Å²) in [5, 5.41) is 3.66. The van der Waals surface area contributed by atoms with Gasteiger partial charge in [-0.3, -0.25) is 0 Å². The highest BCUT2D eigenvalue weighted by Crippen LogP contribution is 2.18. The number of nitrogens with zero attached hydrogens (tertiary/aromatic N) is 2. The normalized spacial score (nSPS) is 15.9. The predicted octanol–water partition coefficient (Wildman–Crippen LogP) is 3.36. The molecule has 22 heavy (non-hydrogen) atoms. The molecule has 1 heterocycles. The van der Waals surface area contributed by atoms with Crippen molar-refractivity contribution in [2.45, 2.75) is 51.2 Å². The molecule has 1 fully saturated rings. The standard InChI is InChI=1S/C18H25N3O/c1-22-17-9-5-6-15(12-17)14-21-11-10-19-18(21)13-20-16-7-3-2-4-8-16/h5-6,9-12,16,20H,2-4,7-8,13-14H2,1H3. The summed E-state index contributed by atoms with van der Waals surface area (Å²) >= 11 is 0. The maximum Gasteiger partial charge on any atom is 0.122 e. The van der Waals surface area contributed by atoms with Crippen LogP contribution in [-0.4, -0.2) is 22.7 Å². The first-order valence-corrected chi connectivity index (χ1v) is 8.21. The number of hydrogen-bond donors (Lipinski definition) is 1. The van der Waals surface area contributed by atoms with Crippen LogP contribution in [0.25, 0.3) is 0 Å². The summed E-state index contributed by atoms with van der Waals surface area (Å²) in [7, 11) is 1.70. The number of imidazole rings is 1. The second-order valence-corrected chi connectivity index (χ2v) is 6.04. The Hall–Kier alpha value is -1.81. The molecule has 1 saturated carbocycles. The highest BCUT2D eigenvalue weighted by Gasteiger charge is 2.13. The van der Waals surface area contributed by atoms with Gasteiger partial charge < -0.3 is 14.6 Å². The lowest BCUT2D eigenvalue weighted by Gasteiger charge is -2.22. The fraction of sp³-hybridized carbons (Fsp3) is 0.500. The summed E-state index contributed by atoms with van der Waals surface area (Å²) in [6, 6.07) is 8.88. The Labute approximate surface area is 132 Å². The first-order chi connectivity index (χ1) is 10.8. The quantitative estimate of drug-likeness (QED) is 0.889. The Morgan fingerprint density at radius 3 is 2.95 bits per heavy atom. The topological polar surface area (TPSA) is 39.1 Å². The van der Waals surface area contributed by atoms with Crippen LogP contribution < -0.4 is 10.1 Å². The molecule has 0 aliphatic heterocycles. The van der Waals surface area contributed by atoms with Gasteiger partial charge in [0.1, 0.15) is 11.6 Å². The van der Waals surface area contributed by atoms with Crippen LogP contribution in [0.3, 0.4) is 0 Å². The second kappa shape index (κ2) is 7.45. The molecule has 4 heteroatoms. The summed E-state index contributed by atoms with van der Waals surface area (Å²) < 4.78 is 7.51. The molecule has 1 aliphatic rings. The first-order valence-electron chi connectivity index (χ1n) is 8.21. The Morgan fingerprint density at radius 1 is 1.27 bits per heavy atom. The third kappa shape index (κ3) is 3.89. The van der Waals surface area contributed by atoms with Crippen LogP contribution in [0.4, 0.5) is 0 Å². The molecule has 0 atom stereocenters. The van der Waals surface area contributed by atoms with E-state index in [1.807, 2.05) is 18.3 Å². The predicted molar refractivity (Wildman–Crippen MR) is 88.0 cm³/mol. The molecular formula is C18H25N3O. The van der Waals surface area contributed by atoms with E-state index in [0.29, 0.717) is 6.04 Å². The number of rotatable bonds is 6. The molecule has 0 saturated heterocycles. The fourth-order valence-corrected chi connectivity index (χ4v) is 3.16. The maximum atomic E-state index is 5.29. The van der Waals surface area contributed by atoms with Gasteiger partial charge in [0, 0.05) is 25.0 Å². The average Bonchev–Trinajstić information content (AvgIpc) is 3.01. The zero-order valence-corrected chi connectivity index (χ0v) is 13.3. The van der Waals surface area contributed by atoms with Crippen molar-refractivity contribution in [3.05, 3.63) is 48.0 Å². The minimum absolute atomic E-state index is 0.663. The molecule has 2 aromatic rings. The smallest absolute Gasteiger partial charge is 0.122 e. The molecule has 0 amide bonds. The second-order valence-electron chi connectivity index (χ2n) is 6.04. The number of ether oxygens (including phenoxy) is 1. The zero-order chi connectivity index (χ0) is 15.2. The molecule has 3 rings (SSSR count). The van der Waals surface area contributed by atoms with Crippen molar-refractivity contribution in [2.75, 3.05) is 7.11 Å². The lowest BCUT2D eigenvalue weighted by molar-refractivity contribution is 0.367. The average molecular weight is 299 g/mol. The number of hydrogen-bond acceptors (Lipinski definition) is 3. The van der Waals surface area contributed by atoms with Crippen molar-refractivity contribution in [3.63, 3.8) is 0 Å². The van der Waals surface area contributed by atoms with Crippen molar-refractivity contribution in [1.82, 2.24) is 14.9 Å². The van der Waals surface area contributed by atoms with Crippen molar-refractivity contribution in [2.24, 2.45) is 0 Å². The highest BCUT2D eigenvalue weighted by molar-refractivity contribution is 5.28. The van der Waals surface area contributed by atoms with Gasteiger partial charge >= 0.3 is 0 Å². The van der Waals surface area contributed by atoms with Crippen molar-refractivity contribution >= 4 is 0 Å². The van der Waals surface area contributed by atoms with E-state index in [-0.39, 0.29) is 0 Å². The summed E-state index contributed by atoms with van der Waals surface area (Å²) in [4.78, 5) is 4.51. The van der Waals surface area contributed by atoms with E-state index in [1.54, 1.807) is 7.11 Å². The van der Waals surface area contributed by atoms with Gasteiger partial charge in [0.25, 0.3) is 0 Å². The molecule has 4 nitrogen and oxygen atoms in total. The summed E-state index contributed by atoms with van der Waals surface area (Å²) in [5.41, 5.74) is 1.23. The Kier molecular flexibility index (Phi) is 5.11. The maximum absolute atomic E-state index is 5.29. The highest BCUT2D eigenvalue weighted by atomic mass is 16.5. The van der Waals surface area contributed by atoms with E-state index in [1.165, 1.54) is 37.7 Å². The monoisotopic (exact) mass is 299 g/mol. The zero-order valence-electron chi connectivity index (χ0n) is 13.3. The van der Waals surface area contributed by atoms with Crippen molar-refractivity contribution in [1.29, 1.82) is 0 Å². The molecule has 1 aromatic carbocycles. The van der Waals surface area contributed by atoms with E-state index in [0.717, 1.165) is 24.7 Å². The minimum Gasteiger partial charge on any atom is -0.497 e. The van der Waals surface area contributed by atoms with Gasteiger partial charge in [0.2, 0.25) is 0 Å². The van der Waals surface area contributed by atoms with Gasteiger partial charge in [-0.25, -0.2) is 4.98 Å². The van der Waals surface area contributed by atoms with Crippen LogP contribution >= 0.6 is 0 Å². The van der Waals surface area contributed by atoms with Gasteiger partial charge in [0.15, 0.2) is 0 Å². The Morgan fingerprint density at radius 2 is 2.14 bits per heavy atom. The Balaban J connectivity index is 1.61. The van der Waals surface area contributed by atoms with Crippen molar-refractivity contribution < 1.29 is 4.74 Å². The van der Waals surface area contributed by atoms with Gasteiger partial charge in [-0.2, -0.15) is 0 Å². The van der Waals surface area contributed by atoms with Crippen molar-refractivity contribution in [3.8, 4) is 5.75 Å².